The number of carbonyl (C=O) groups is 2. The van der Waals surface area contributed by atoms with E-state index < -0.39 is 23.4 Å². The first-order chi connectivity index (χ1) is 14.8. The summed E-state index contributed by atoms with van der Waals surface area (Å²) in [5, 5.41) is 0. The molecule has 0 aliphatic heterocycles. The van der Waals surface area contributed by atoms with Crippen LogP contribution < -0.4 is 11.5 Å². The lowest BCUT2D eigenvalue weighted by atomic mass is 9.91. The van der Waals surface area contributed by atoms with Gasteiger partial charge in [-0.2, -0.15) is 0 Å². The molecule has 0 aromatic rings. The van der Waals surface area contributed by atoms with Gasteiger partial charge in [0.2, 0.25) is 11.4 Å². The summed E-state index contributed by atoms with van der Waals surface area (Å²) in [6.07, 6.45) is 18.1. The van der Waals surface area contributed by atoms with E-state index in [2.05, 4.69) is 13.8 Å². The fraction of sp³-hybridized carbons (Fsp3) is 0.760. The lowest BCUT2D eigenvalue weighted by Crippen LogP contribution is -2.68. The fourth-order valence-corrected chi connectivity index (χ4v) is 3.69. The summed E-state index contributed by atoms with van der Waals surface area (Å²) in [5.74, 6) is -0.864. The lowest BCUT2D eigenvalue weighted by molar-refractivity contribution is -0.192. The van der Waals surface area contributed by atoms with Crippen LogP contribution in [0.5, 0.6) is 0 Å². The van der Waals surface area contributed by atoms with Gasteiger partial charge in [0.15, 0.2) is 0 Å². The van der Waals surface area contributed by atoms with Crippen molar-refractivity contribution in [2.24, 2.45) is 11.5 Å². The largest absolute Gasteiger partial charge is 0.434 e. The molecule has 31 heavy (non-hydrogen) atoms. The highest BCUT2D eigenvalue weighted by Crippen LogP contribution is 2.31. The summed E-state index contributed by atoms with van der Waals surface area (Å²) in [4.78, 5) is 24.8. The first-order valence-corrected chi connectivity index (χ1v) is 12.2. The van der Waals surface area contributed by atoms with Gasteiger partial charge in [-0.3, -0.25) is 21.1 Å². The molecule has 0 heterocycles. The Morgan fingerprint density at radius 3 is 1.65 bits per heavy atom. The van der Waals surface area contributed by atoms with Gasteiger partial charge in [0.1, 0.15) is 0 Å². The second-order valence-electron chi connectivity index (χ2n) is 8.79. The molecule has 1 aliphatic carbocycles. The summed E-state index contributed by atoms with van der Waals surface area (Å²) in [6.45, 7) is 6.18. The number of carbonyl (C=O) groups excluding carboxylic acids is 2. The van der Waals surface area contributed by atoms with Gasteiger partial charge in [-0.25, -0.2) is 0 Å². The number of hydrogen-bond acceptors (Lipinski definition) is 6. The molecular formula is C25H44N2O4. The SMILES string of the molecule is CCCCCCCCC(=O)OC1(N)C=CC(C)=CC1(N)OC(=O)CCCCCCCC. The van der Waals surface area contributed by atoms with Crippen LogP contribution in [0.3, 0.4) is 0 Å². The summed E-state index contributed by atoms with van der Waals surface area (Å²) < 4.78 is 11.1. The average Bonchev–Trinajstić information content (AvgIpc) is 2.70. The van der Waals surface area contributed by atoms with Gasteiger partial charge in [0, 0.05) is 12.8 Å². The van der Waals surface area contributed by atoms with E-state index in [0.29, 0.717) is 0 Å². The second-order valence-corrected chi connectivity index (χ2v) is 8.79. The molecule has 4 N–H and O–H groups in total. The van der Waals surface area contributed by atoms with E-state index in [1.54, 1.807) is 12.2 Å². The minimum absolute atomic E-state index is 0.267. The standard InChI is InChI=1S/C25H44N2O4/c1-4-6-8-10-12-14-16-22(28)30-24(26)19-18-21(3)20-25(24,27)31-23(29)17-15-13-11-9-7-5-2/h18-20H,4-17,26-27H2,1-3H3. The zero-order valence-electron chi connectivity index (χ0n) is 19.9. The molecule has 2 unspecified atom stereocenters. The van der Waals surface area contributed by atoms with Gasteiger partial charge in [0.05, 0.1) is 0 Å². The van der Waals surface area contributed by atoms with Crippen LogP contribution in [0.15, 0.2) is 23.8 Å². The first-order valence-electron chi connectivity index (χ1n) is 12.2. The number of rotatable bonds is 16. The molecule has 178 valence electrons. The zero-order valence-corrected chi connectivity index (χ0v) is 19.9. The normalized spacial score (nSPS) is 22.8. The Labute approximate surface area is 188 Å². The van der Waals surface area contributed by atoms with Crippen LogP contribution >= 0.6 is 0 Å². The van der Waals surface area contributed by atoms with Crippen LogP contribution in [0.25, 0.3) is 0 Å². The molecule has 0 radical (unpaired) electrons. The molecule has 0 fully saturated rings. The van der Waals surface area contributed by atoms with Crippen molar-refractivity contribution in [1.82, 2.24) is 0 Å². The van der Waals surface area contributed by atoms with Crippen LogP contribution in [-0.4, -0.2) is 23.4 Å². The summed E-state index contributed by atoms with van der Waals surface area (Å²) >= 11 is 0. The van der Waals surface area contributed by atoms with Crippen LogP contribution in [-0.2, 0) is 19.1 Å². The van der Waals surface area contributed by atoms with E-state index in [1.165, 1.54) is 44.6 Å². The maximum atomic E-state index is 12.4. The van der Waals surface area contributed by atoms with Crippen LogP contribution in [0.4, 0.5) is 0 Å². The topological polar surface area (TPSA) is 105 Å². The molecule has 0 spiro atoms. The lowest BCUT2D eigenvalue weighted by Gasteiger charge is -2.42. The average molecular weight is 437 g/mol. The van der Waals surface area contributed by atoms with E-state index in [9.17, 15) is 9.59 Å². The highest BCUT2D eigenvalue weighted by molar-refractivity contribution is 5.72. The molecule has 6 heteroatoms. The highest BCUT2D eigenvalue weighted by Gasteiger charge is 2.51. The van der Waals surface area contributed by atoms with Gasteiger partial charge in [-0.15, -0.1) is 0 Å². The van der Waals surface area contributed by atoms with E-state index in [0.717, 1.165) is 44.1 Å². The number of esters is 2. The number of nitrogens with two attached hydrogens (primary N) is 2. The summed E-state index contributed by atoms with van der Waals surface area (Å²) in [6, 6.07) is 0. The van der Waals surface area contributed by atoms with Crippen molar-refractivity contribution in [1.29, 1.82) is 0 Å². The van der Waals surface area contributed by atoms with Crippen molar-refractivity contribution in [3.8, 4) is 0 Å². The van der Waals surface area contributed by atoms with Crippen molar-refractivity contribution < 1.29 is 19.1 Å². The Morgan fingerprint density at radius 1 is 0.742 bits per heavy atom. The van der Waals surface area contributed by atoms with E-state index >= 15 is 0 Å². The Hall–Kier alpha value is -1.66. The predicted molar refractivity (Wildman–Crippen MR) is 125 cm³/mol. The van der Waals surface area contributed by atoms with Crippen molar-refractivity contribution in [3.05, 3.63) is 23.8 Å². The van der Waals surface area contributed by atoms with Gasteiger partial charge in [-0.05, 0) is 37.5 Å². The molecule has 0 bridgehead atoms. The third-order valence-corrected chi connectivity index (χ3v) is 5.68. The van der Waals surface area contributed by atoms with Gasteiger partial charge in [0.25, 0.3) is 0 Å². The molecule has 0 amide bonds. The monoisotopic (exact) mass is 436 g/mol. The van der Waals surface area contributed by atoms with Crippen LogP contribution in [0.1, 0.15) is 111 Å². The summed E-state index contributed by atoms with van der Waals surface area (Å²) in [7, 11) is 0. The maximum absolute atomic E-state index is 12.4. The third-order valence-electron chi connectivity index (χ3n) is 5.68. The molecule has 0 saturated carbocycles. The van der Waals surface area contributed by atoms with E-state index in [1.807, 2.05) is 6.92 Å². The predicted octanol–water partition coefficient (Wildman–Crippen LogP) is 5.40. The summed E-state index contributed by atoms with van der Waals surface area (Å²) in [5.41, 5.74) is 10.1. The third kappa shape index (κ3) is 10.0. The minimum atomic E-state index is -1.72. The van der Waals surface area contributed by atoms with Gasteiger partial charge >= 0.3 is 11.9 Å². The number of ether oxygens (including phenoxy) is 2. The van der Waals surface area contributed by atoms with E-state index in [4.69, 9.17) is 20.9 Å². The molecule has 1 rings (SSSR count). The van der Waals surface area contributed by atoms with Crippen molar-refractivity contribution in [2.75, 3.05) is 0 Å². The quantitative estimate of drug-likeness (QED) is 0.191. The Bertz CT molecular complexity index is 617. The Kier molecular flexibility index (Phi) is 12.7. The second kappa shape index (κ2) is 14.4. The maximum Gasteiger partial charge on any atom is 0.308 e. The molecule has 0 saturated heterocycles. The molecule has 1 aliphatic rings. The number of unbranched alkanes of at least 4 members (excludes halogenated alkanes) is 10. The number of hydrogen-bond donors (Lipinski definition) is 2. The Morgan fingerprint density at radius 2 is 1.16 bits per heavy atom. The van der Waals surface area contributed by atoms with Crippen molar-refractivity contribution >= 4 is 11.9 Å². The highest BCUT2D eigenvalue weighted by atomic mass is 16.6. The van der Waals surface area contributed by atoms with E-state index in [-0.39, 0.29) is 12.8 Å². The molecular weight excluding hydrogens is 392 g/mol. The van der Waals surface area contributed by atoms with Gasteiger partial charge in [-0.1, -0.05) is 84.1 Å². The van der Waals surface area contributed by atoms with Crippen LogP contribution in [0, 0.1) is 0 Å². The molecule has 2 atom stereocenters. The molecule has 0 aromatic carbocycles. The first kappa shape index (κ1) is 27.4. The minimum Gasteiger partial charge on any atom is -0.434 e. The van der Waals surface area contributed by atoms with Gasteiger partial charge < -0.3 is 9.47 Å². The fourth-order valence-electron chi connectivity index (χ4n) is 3.69. The van der Waals surface area contributed by atoms with Crippen LogP contribution in [0.2, 0.25) is 0 Å². The van der Waals surface area contributed by atoms with Crippen molar-refractivity contribution in [2.45, 2.75) is 122 Å². The van der Waals surface area contributed by atoms with Crippen molar-refractivity contribution in [3.63, 3.8) is 0 Å². The Balaban J connectivity index is 2.57. The molecule has 6 nitrogen and oxygen atoms in total. The zero-order chi connectivity index (χ0) is 23.2. The number of allylic oxidation sites excluding steroid dienone is 2. The molecule has 0 aromatic heterocycles. The smallest absolute Gasteiger partial charge is 0.308 e.